The average molecular weight is 213 g/mol. The van der Waals surface area contributed by atoms with Crippen LogP contribution in [-0.2, 0) is 6.42 Å². The molecule has 1 N–H and O–H groups in total. The molecule has 2 aromatic rings. The maximum absolute atomic E-state index is 5.69. The molecule has 2 heterocycles. The molecular weight excluding hydrogens is 204 g/mol. The predicted octanol–water partition coefficient (Wildman–Crippen LogP) is 2.92. The Bertz CT molecular complexity index is 367. The lowest BCUT2D eigenvalue weighted by Gasteiger charge is -1.96. The van der Waals surface area contributed by atoms with Crippen molar-refractivity contribution >= 4 is 22.9 Å². The number of aromatic nitrogens is 2. The van der Waals surface area contributed by atoms with Gasteiger partial charge in [-0.25, -0.2) is 0 Å². The van der Waals surface area contributed by atoms with Gasteiger partial charge in [-0.05, 0) is 23.4 Å². The van der Waals surface area contributed by atoms with Crippen molar-refractivity contribution in [3.63, 3.8) is 0 Å². The van der Waals surface area contributed by atoms with Crippen molar-refractivity contribution in [2.75, 3.05) is 5.88 Å². The van der Waals surface area contributed by atoms with E-state index in [4.69, 9.17) is 11.6 Å². The lowest BCUT2D eigenvalue weighted by Crippen LogP contribution is -1.86. The largest absolute Gasteiger partial charge is 0.278 e. The summed E-state index contributed by atoms with van der Waals surface area (Å²) in [5.74, 6) is 0.636. The number of alkyl halides is 1. The van der Waals surface area contributed by atoms with Gasteiger partial charge in [-0.15, -0.1) is 11.6 Å². The zero-order valence-electron chi connectivity index (χ0n) is 6.96. The van der Waals surface area contributed by atoms with Gasteiger partial charge < -0.3 is 0 Å². The highest BCUT2D eigenvalue weighted by Crippen LogP contribution is 2.23. The fraction of sp³-hybridized carbons (Fsp3) is 0.222. The summed E-state index contributed by atoms with van der Waals surface area (Å²) < 4.78 is 0. The van der Waals surface area contributed by atoms with Gasteiger partial charge in [-0.1, -0.05) is 0 Å². The number of halogens is 1. The Balaban J connectivity index is 2.35. The molecule has 0 spiro atoms. The van der Waals surface area contributed by atoms with E-state index in [1.165, 1.54) is 11.1 Å². The fourth-order valence-corrected chi connectivity index (χ4v) is 2.11. The third kappa shape index (κ3) is 1.76. The zero-order chi connectivity index (χ0) is 9.10. The molecule has 0 saturated heterocycles. The molecule has 0 saturated carbocycles. The minimum atomic E-state index is 0.636. The Morgan fingerprint density at radius 1 is 1.54 bits per heavy atom. The van der Waals surface area contributed by atoms with Crippen molar-refractivity contribution in [2.45, 2.75) is 6.42 Å². The van der Waals surface area contributed by atoms with E-state index in [1.807, 2.05) is 6.20 Å². The number of hydrogen-bond donors (Lipinski definition) is 1. The van der Waals surface area contributed by atoms with E-state index in [0.29, 0.717) is 5.88 Å². The molecule has 0 amide bonds. The molecule has 4 heteroatoms. The van der Waals surface area contributed by atoms with Crippen LogP contribution in [-0.4, -0.2) is 16.1 Å². The molecule has 0 atom stereocenters. The second kappa shape index (κ2) is 3.94. The van der Waals surface area contributed by atoms with E-state index in [-0.39, 0.29) is 0 Å². The van der Waals surface area contributed by atoms with Crippen molar-refractivity contribution in [3.05, 3.63) is 28.6 Å². The van der Waals surface area contributed by atoms with Crippen LogP contribution < -0.4 is 0 Å². The van der Waals surface area contributed by atoms with Crippen LogP contribution >= 0.6 is 22.9 Å². The molecule has 0 unspecified atom stereocenters. The average Bonchev–Trinajstić information content (AvgIpc) is 2.71. The van der Waals surface area contributed by atoms with Crippen LogP contribution in [0.1, 0.15) is 5.56 Å². The molecule has 2 aromatic heterocycles. The van der Waals surface area contributed by atoms with E-state index in [0.717, 1.165) is 12.1 Å². The molecule has 0 aliphatic carbocycles. The number of hydrogen-bond acceptors (Lipinski definition) is 2. The second-order valence-corrected chi connectivity index (χ2v) is 3.88. The maximum atomic E-state index is 5.69. The van der Waals surface area contributed by atoms with E-state index in [9.17, 15) is 0 Å². The van der Waals surface area contributed by atoms with Crippen molar-refractivity contribution in [1.29, 1.82) is 0 Å². The van der Waals surface area contributed by atoms with Gasteiger partial charge in [-0.3, -0.25) is 5.10 Å². The summed E-state index contributed by atoms with van der Waals surface area (Å²) in [5.41, 5.74) is 3.48. The second-order valence-electron chi connectivity index (χ2n) is 2.72. The minimum absolute atomic E-state index is 0.636. The lowest BCUT2D eigenvalue weighted by molar-refractivity contribution is 1.10. The van der Waals surface area contributed by atoms with Gasteiger partial charge in [0.05, 0.1) is 11.9 Å². The molecular formula is C9H9ClN2S. The molecule has 0 aromatic carbocycles. The van der Waals surface area contributed by atoms with Gasteiger partial charge in [0.2, 0.25) is 0 Å². The van der Waals surface area contributed by atoms with Crippen molar-refractivity contribution < 1.29 is 0 Å². The van der Waals surface area contributed by atoms with E-state index < -0.39 is 0 Å². The zero-order valence-corrected chi connectivity index (χ0v) is 8.53. The lowest BCUT2D eigenvalue weighted by atomic mass is 10.1. The standard InChI is InChI=1S/C9H9ClN2S/c10-3-1-7-5-11-12-9(7)8-2-4-13-6-8/h2,4-6H,1,3H2,(H,11,12). The molecule has 0 fully saturated rings. The van der Waals surface area contributed by atoms with Gasteiger partial charge in [0.1, 0.15) is 0 Å². The highest BCUT2D eigenvalue weighted by Gasteiger charge is 2.06. The number of aromatic amines is 1. The van der Waals surface area contributed by atoms with Crippen molar-refractivity contribution in [3.8, 4) is 11.3 Å². The Morgan fingerprint density at radius 2 is 2.46 bits per heavy atom. The number of nitrogens with one attached hydrogen (secondary N) is 1. The van der Waals surface area contributed by atoms with Crippen LogP contribution in [0, 0.1) is 0 Å². The first-order valence-corrected chi connectivity index (χ1v) is 5.50. The Morgan fingerprint density at radius 3 is 3.15 bits per heavy atom. The number of nitrogens with zero attached hydrogens (tertiary/aromatic N) is 1. The first-order chi connectivity index (χ1) is 6.42. The van der Waals surface area contributed by atoms with Gasteiger partial charge in [0, 0.05) is 16.8 Å². The number of H-pyrrole nitrogens is 1. The van der Waals surface area contributed by atoms with Crippen LogP contribution in [0.2, 0.25) is 0 Å². The van der Waals surface area contributed by atoms with Crippen LogP contribution in [0.15, 0.2) is 23.0 Å². The van der Waals surface area contributed by atoms with Gasteiger partial charge in [0.25, 0.3) is 0 Å². The van der Waals surface area contributed by atoms with Crippen molar-refractivity contribution in [1.82, 2.24) is 10.2 Å². The molecule has 0 aliphatic rings. The normalized spacial score (nSPS) is 10.5. The summed E-state index contributed by atoms with van der Waals surface area (Å²) in [6.45, 7) is 0. The predicted molar refractivity (Wildman–Crippen MR) is 56.3 cm³/mol. The number of thiophene rings is 1. The molecule has 0 aliphatic heterocycles. The van der Waals surface area contributed by atoms with Gasteiger partial charge in [0.15, 0.2) is 0 Å². The topological polar surface area (TPSA) is 28.7 Å². The van der Waals surface area contributed by atoms with E-state index in [1.54, 1.807) is 11.3 Å². The molecule has 0 radical (unpaired) electrons. The maximum Gasteiger partial charge on any atom is 0.0690 e. The molecule has 68 valence electrons. The van der Waals surface area contributed by atoms with Crippen molar-refractivity contribution in [2.24, 2.45) is 0 Å². The third-order valence-corrected chi connectivity index (χ3v) is 2.76. The SMILES string of the molecule is ClCCc1cn[nH]c1-c1ccsc1. The Kier molecular flexibility index (Phi) is 2.66. The van der Waals surface area contributed by atoms with Crippen LogP contribution in [0.5, 0.6) is 0 Å². The molecule has 2 nitrogen and oxygen atoms in total. The molecule has 0 bridgehead atoms. The number of rotatable bonds is 3. The first-order valence-electron chi connectivity index (χ1n) is 4.02. The highest BCUT2D eigenvalue weighted by atomic mass is 35.5. The Labute approximate surface area is 85.6 Å². The smallest absolute Gasteiger partial charge is 0.0690 e. The van der Waals surface area contributed by atoms with Crippen LogP contribution in [0.25, 0.3) is 11.3 Å². The summed E-state index contributed by atoms with van der Waals surface area (Å²) in [6.07, 6.45) is 2.71. The number of aryl methyl sites for hydroxylation is 1. The first kappa shape index (κ1) is 8.78. The molecule has 13 heavy (non-hydrogen) atoms. The van der Waals surface area contributed by atoms with E-state index in [2.05, 4.69) is 27.0 Å². The third-order valence-electron chi connectivity index (χ3n) is 1.89. The summed E-state index contributed by atoms with van der Waals surface area (Å²) in [6, 6.07) is 2.08. The summed E-state index contributed by atoms with van der Waals surface area (Å²) in [4.78, 5) is 0. The Hall–Kier alpha value is -0.800. The minimum Gasteiger partial charge on any atom is -0.278 e. The van der Waals surface area contributed by atoms with Crippen LogP contribution in [0.3, 0.4) is 0 Å². The summed E-state index contributed by atoms with van der Waals surface area (Å²) in [5, 5.41) is 11.2. The highest BCUT2D eigenvalue weighted by molar-refractivity contribution is 7.08. The van der Waals surface area contributed by atoms with Gasteiger partial charge >= 0.3 is 0 Å². The summed E-state index contributed by atoms with van der Waals surface area (Å²) in [7, 11) is 0. The van der Waals surface area contributed by atoms with E-state index >= 15 is 0 Å². The summed E-state index contributed by atoms with van der Waals surface area (Å²) >= 11 is 7.37. The fourth-order valence-electron chi connectivity index (χ4n) is 1.26. The monoisotopic (exact) mass is 212 g/mol. The van der Waals surface area contributed by atoms with Gasteiger partial charge in [-0.2, -0.15) is 16.4 Å². The van der Waals surface area contributed by atoms with Crippen LogP contribution in [0.4, 0.5) is 0 Å². The quantitative estimate of drug-likeness (QED) is 0.779. The molecule has 2 rings (SSSR count).